The zero-order valence-corrected chi connectivity index (χ0v) is 13.8. The SMILES string of the molecule is CN(C(=O)COc1ccccc1C#N)[C@@H]1[C@@H]2CCO[C@@H]2C1(C)C. The molecule has 5 nitrogen and oxygen atoms in total. The molecule has 2 aliphatic rings. The van der Waals surface area contributed by atoms with Crippen LogP contribution in [0.3, 0.4) is 0 Å². The third-order valence-electron chi connectivity index (χ3n) is 5.21. The number of nitriles is 1. The highest BCUT2D eigenvalue weighted by Gasteiger charge is 2.61. The third-order valence-corrected chi connectivity index (χ3v) is 5.21. The summed E-state index contributed by atoms with van der Waals surface area (Å²) in [4.78, 5) is 14.3. The number of ether oxygens (including phenoxy) is 2. The molecule has 3 atom stereocenters. The van der Waals surface area contributed by atoms with E-state index >= 15 is 0 Å². The molecular formula is C18H22N2O3. The topological polar surface area (TPSA) is 62.6 Å². The lowest BCUT2D eigenvalue weighted by atomic mass is 9.57. The summed E-state index contributed by atoms with van der Waals surface area (Å²) in [5.74, 6) is 0.804. The molecule has 0 spiro atoms. The van der Waals surface area contributed by atoms with E-state index in [-0.39, 0.29) is 30.1 Å². The normalized spacial score (nSPS) is 27.5. The van der Waals surface area contributed by atoms with Gasteiger partial charge in [-0.2, -0.15) is 5.26 Å². The van der Waals surface area contributed by atoms with Gasteiger partial charge >= 0.3 is 0 Å². The Hall–Kier alpha value is -2.06. The Kier molecular flexibility index (Phi) is 4.03. The molecule has 1 heterocycles. The molecule has 1 aromatic rings. The Morgan fingerprint density at radius 3 is 2.96 bits per heavy atom. The summed E-state index contributed by atoms with van der Waals surface area (Å²) in [5, 5.41) is 9.06. The summed E-state index contributed by atoms with van der Waals surface area (Å²) < 4.78 is 11.3. The van der Waals surface area contributed by atoms with Gasteiger partial charge in [0.05, 0.1) is 11.7 Å². The van der Waals surface area contributed by atoms with Gasteiger partial charge in [-0.15, -0.1) is 0 Å². The fraction of sp³-hybridized carbons (Fsp3) is 0.556. The van der Waals surface area contributed by atoms with E-state index in [1.807, 2.05) is 7.05 Å². The van der Waals surface area contributed by atoms with Gasteiger partial charge in [-0.1, -0.05) is 26.0 Å². The number of likely N-dealkylation sites (N-methyl/N-ethyl adjacent to an activating group) is 1. The van der Waals surface area contributed by atoms with Gasteiger partial charge in [0.1, 0.15) is 11.8 Å². The number of benzene rings is 1. The van der Waals surface area contributed by atoms with Gasteiger partial charge < -0.3 is 14.4 Å². The fourth-order valence-corrected chi connectivity index (χ4v) is 4.17. The van der Waals surface area contributed by atoms with Crippen molar-refractivity contribution in [1.29, 1.82) is 5.26 Å². The molecule has 2 fully saturated rings. The van der Waals surface area contributed by atoms with E-state index in [1.165, 1.54) is 0 Å². The van der Waals surface area contributed by atoms with E-state index in [0.29, 0.717) is 17.2 Å². The van der Waals surface area contributed by atoms with Crippen LogP contribution in [0.25, 0.3) is 0 Å². The molecule has 1 aliphatic carbocycles. The summed E-state index contributed by atoms with van der Waals surface area (Å²) in [6.45, 7) is 5.03. The molecule has 0 unspecified atom stereocenters. The highest BCUT2D eigenvalue weighted by atomic mass is 16.5. The number of para-hydroxylation sites is 1. The zero-order valence-electron chi connectivity index (χ0n) is 13.8. The fourth-order valence-electron chi connectivity index (χ4n) is 4.17. The first-order chi connectivity index (χ1) is 11.0. The van der Waals surface area contributed by atoms with Crippen molar-refractivity contribution in [3.63, 3.8) is 0 Å². The van der Waals surface area contributed by atoms with Crippen LogP contribution < -0.4 is 4.74 Å². The molecule has 122 valence electrons. The zero-order chi connectivity index (χ0) is 16.6. The van der Waals surface area contributed by atoms with Gasteiger partial charge in [0, 0.05) is 31.0 Å². The average molecular weight is 314 g/mol. The van der Waals surface area contributed by atoms with Gasteiger partial charge in [-0.25, -0.2) is 0 Å². The molecule has 1 saturated heterocycles. The second-order valence-corrected chi connectivity index (χ2v) is 6.91. The lowest BCUT2D eigenvalue weighted by Crippen LogP contribution is -2.67. The Morgan fingerprint density at radius 1 is 1.48 bits per heavy atom. The second-order valence-electron chi connectivity index (χ2n) is 6.91. The van der Waals surface area contributed by atoms with Crippen LogP contribution >= 0.6 is 0 Å². The van der Waals surface area contributed by atoms with Crippen molar-refractivity contribution in [2.75, 3.05) is 20.3 Å². The number of hydrogen-bond acceptors (Lipinski definition) is 4. The van der Waals surface area contributed by atoms with E-state index in [2.05, 4.69) is 19.9 Å². The first kappa shape index (κ1) is 15.8. The maximum atomic E-state index is 12.5. The minimum absolute atomic E-state index is 0.0316. The van der Waals surface area contributed by atoms with Crippen LogP contribution in [0.2, 0.25) is 0 Å². The summed E-state index contributed by atoms with van der Waals surface area (Å²) in [5.41, 5.74) is 0.409. The summed E-state index contributed by atoms with van der Waals surface area (Å²) >= 11 is 0. The first-order valence-electron chi connectivity index (χ1n) is 7.96. The molecule has 1 amide bonds. The van der Waals surface area contributed by atoms with E-state index in [9.17, 15) is 4.79 Å². The summed E-state index contributed by atoms with van der Waals surface area (Å²) in [6, 6.07) is 9.20. The maximum absolute atomic E-state index is 12.5. The highest BCUT2D eigenvalue weighted by Crippen LogP contribution is 2.54. The van der Waals surface area contributed by atoms with Gasteiger partial charge in [0.15, 0.2) is 6.61 Å². The number of carbonyl (C=O) groups excluding carboxylic acids is 1. The van der Waals surface area contributed by atoms with Crippen LogP contribution in [0.15, 0.2) is 24.3 Å². The van der Waals surface area contributed by atoms with Crippen LogP contribution in [-0.4, -0.2) is 43.2 Å². The van der Waals surface area contributed by atoms with E-state index < -0.39 is 0 Å². The number of carbonyl (C=O) groups is 1. The molecule has 23 heavy (non-hydrogen) atoms. The second kappa shape index (κ2) is 5.86. The first-order valence-corrected chi connectivity index (χ1v) is 7.96. The van der Waals surface area contributed by atoms with Crippen LogP contribution in [0.4, 0.5) is 0 Å². The van der Waals surface area contributed by atoms with E-state index in [1.54, 1.807) is 29.2 Å². The third kappa shape index (κ3) is 2.57. The number of rotatable bonds is 4. The maximum Gasteiger partial charge on any atom is 0.260 e. The lowest BCUT2D eigenvalue weighted by molar-refractivity contribution is -0.168. The molecule has 0 radical (unpaired) electrons. The van der Waals surface area contributed by atoms with E-state index in [4.69, 9.17) is 14.7 Å². The largest absolute Gasteiger partial charge is 0.482 e. The predicted molar refractivity (Wildman–Crippen MR) is 84.8 cm³/mol. The van der Waals surface area contributed by atoms with Gasteiger partial charge in [0.25, 0.3) is 5.91 Å². The number of amides is 1. The van der Waals surface area contributed by atoms with Gasteiger partial charge in [0.2, 0.25) is 0 Å². The van der Waals surface area contributed by atoms with Crippen molar-refractivity contribution in [1.82, 2.24) is 4.90 Å². The van der Waals surface area contributed by atoms with Crippen LogP contribution in [0, 0.1) is 22.7 Å². The molecule has 1 aromatic carbocycles. The predicted octanol–water partition coefficient (Wildman–Crippen LogP) is 2.21. The molecule has 3 rings (SSSR count). The molecule has 1 aliphatic heterocycles. The molecular weight excluding hydrogens is 292 g/mol. The highest BCUT2D eigenvalue weighted by molar-refractivity contribution is 5.78. The average Bonchev–Trinajstić information content (AvgIpc) is 2.99. The minimum Gasteiger partial charge on any atom is -0.482 e. The van der Waals surface area contributed by atoms with Crippen molar-refractivity contribution >= 4 is 5.91 Å². The molecule has 0 N–H and O–H groups in total. The molecule has 0 aromatic heterocycles. The number of fused-ring (bicyclic) bond motifs is 1. The monoisotopic (exact) mass is 314 g/mol. The smallest absolute Gasteiger partial charge is 0.260 e. The van der Waals surface area contributed by atoms with Crippen molar-refractivity contribution in [2.45, 2.75) is 32.4 Å². The Bertz CT molecular complexity index is 650. The van der Waals surface area contributed by atoms with Gasteiger partial charge in [-0.05, 0) is 18.6 Å². The lowest BCUT2D eigenvalue weighted by Gasteiger charge is -2.57. The standard InChI is InChI=1S/C18H22N2O3/c1-18(2)16(13-8-9-22-17(13)18)20(3)15(21)11-23-14-7-5-4-6-12(14)10-19/h4-7,13,16-17H,8-9,11H2,1-3H3/t13-,16+,17-/m0/s1. The van der Waals surface area contributed by atoms with Crippen LogP contribution in [-0.2, 0) is 9.53 Å². The van der Waals surface area contributed by atoms with Crippen molar-refractivity contribution in [3.8, 4) is 11.8 Å². The summed E-state index contributed by atoms with van der Waals surface area (Å²) in [6.07, 6.45) is 1.26. The molecule has 1 saturated carbocycles. The minimum atomic E-state index is -0.0684. The quantitative estimate of drug-likeness (QED) is 0.855. The van der Waals surface area contributed by atoms with Crippen molar-refractivity contribution in [3.05, 3.63) is 29.8 Å². The Labute approximate surface area is 136 Å². The Balaban J connectivity index is 1.64. The van der Waals surface area contributed by atoms with Crippen molar-refractivity contribution < 1.29 is 14.3 Å². The number of hydrogen-bond donors (Lipinski definition) is 0. The summed E-state index contributed by atoms with van der Waals surface area (Å²) in [7, 11) is 1.84. The molecule has 5 heteroatoms. The van der Waals surface area contributed by atoms with Crippen molar-refractivity contribution in [2.24, 2.45) is 11.3 Å². The van der Waals surface area contributed by atoms with Crippen LogP contribution in [0.1, 0.15) is 25.8 Å². The Morgan fingerprint density at radius 2 is 2.22 bits per heavy atom. The van der Waals surface area contributed by atoms with Crippen LogP contribution in [0.5, 0.6) is 5.75 Å². The van der Waals surface area contributed by atoms with Gasteiger partial charge in [-0.3, -0.25) is 4.79 Å². The molecule has 0 bridgehead atoms. The van der Waals surface area contributed by atoms with E-state index in [0.717, 1.165) is 13.0 Å². The number of nitrogens with zero attached hydrogens (tertiary/aromatic N) is 2.